The third kappa shape index (κ3) is 4.34. The van der Waals surface area contributed by atoms with E-state index in [9.17, 15) is 4.79 Å². The molecule has 1 heterocycles. The summed E-state index contributed by atoms with van der Waals surface area (Å²) < 4.78 is 0. The number of hydrogen-bond acceptors (Lipinski definition) is 3. The standard InChI is InChI=1S/C18H22N2OS/c1-2-11-20(17-9-6-10-19-13-17)18(21)16(14-22)12-15-7-4-3-5-8-15/h3-10,13,16,22H,2,11-12,14H2,1H3. The topological polar surface area (TPSA) is 33.2 Å². The van der Waals surface area contributed by atoms with E-state index in [0.717, 1.165) is 17.7 Å². The molecule has 2 rings (SSSR count). The number of pyridine rings is 1. The molecule has 1 aromatic carbocycles. The van der Waals surface area contributed by atoms with Crippen LogP contribution in [0.4, 0.5) is 5.69 Å². The molecule has 0 bridgehead atoms. The molecular weight excluding hydrogens is 292 g/mol. The number of carbonyl (C=O) groups excluding carboxylic acids is 1. The van der Waals surface area contributed by atoms with Gasteiger partial charge in [-0.15, -0.1) is 0 Å². The van der Waals surface area contributed by atoms with Gasteiger partial charge in [-0.1, -0.05) is 37.3 Å². The largest absolute Gasteiger partial charge is 0.311 e. The lowest BCUT2D eigenvalue weighted by Crippen LogP contribution is -2.38. The van der Waals surface area contributed by atoms with E-state index < -0.39 is 0 Å². The van der Waals surface area contributed by atoms with E-state index in [1.54, 1.807) is 12.4 Å². The van der Waals surface area contributed by atoms with Crippen molar-refractivity contribution in [3.63, 3.8) is 0 Å². The highest BCUT2D eigenvalue weighted by molar-refractivity contribution is 7.80. The second-order valence-corrected chi connectivity index (χ2v) is 5.64. The fourth-order valence-corrected chi connectivity index (χ4v) is 2.74. The lowest BCUT2D eigenvalue weighted by molar-refractivity contribution is -0.121. The molecule has 22 heavy (non-hydrogen) atoms. The van der Waals surface area contributed by atoms with Gasteiger partial charge in [0, 0.05) is 18.5 Å². The predicted molar refractivity (Wildman–Crippen MR) is 94.4 cm³/mol. The van der Waals surface area contributed by atoms with Crippen molar-refractivity contribution >= 4 is 24.2 Å². The van der Waals surface area contributed by atoms with Crippen molar-refractivity contribution in [1.29, 1.82) is 0 Å². The van der Waals surface area contributed by atoms with Crippen molar-refractivity contribution in [1.82, 2.24) is 4.98 Å². The molecule has 0 radical (unpaired) electrons. The molecule has 0 aliphatic carbocycles. The van der Waals surface area contributed by atoms with E-state index in [1.165, 1.54) is 0 Å². The van der Waals surface area contributed by atoms with Gasteiger partial charge in [0.1, 0.15) is 0 Å². The number of anilines is 1. The van der Waals surface area contributed by atoms with Crippen LogP contribution in [0.2, 0.25) is 0 Å². The van der Waals surface area contributed by atoms with Crippen LogP contribution < -0.4 is 4.90 Å². The molecule has 1 amide bonds. The van der Waals surface area contributed by atoms with Crippen molar-refractivity contribution in [2.45, 2.75) is 19.8 Å². The van der Waals surface area contributed by atoms with Crippen LogP contribution in [0.15, 0.2) is 54.9 Å². The lowest BCUT2D eigenvalue weighted by atomic mass is 9.99. The number of nitrogens with zero attached hydrogens (tertiary/aromatic N) is 2. The lowest BCUT2D eigenvalue weighted by Gasteiger charge is -2.26. The minimum Gasteiger partial charge on any atom is -0.311 e. The van der Waals surface area contributed by atoms with E-state index in [-0.39, 0.29) is 11.8 Å². The van der Waals surface area contributed by atoms with Gasteiger partial charge in [0.25, 0.3) is 0 Å². The number of hydrogen-bond donors (Lipinski definition) is 1. The maximum atomic E-state index is 12.9. The van der Waals surface area contributed by atoms with Gasteiger partial charge in [-0.3, -0.25) is 9.78 Å². The zero-order valence-corrected chi connectivity index (χ0v) is 13.7. The van der Waals surface area contributed by atoms with Crippen molar-refractivity contribution < 1.29 is 4.79 Å². The first-order valence-corrected chi connectivity index (χ1v) is 8.25. The van der Waals surface area contributed by atoms with E-state index in [1.807, 2.05) is 35.2 Å². The van der Waals surface area contributed by atoms with Gasteiger partial charge in [0.2, 0.25) is 5.91 Å². The molecule has 116 valence electrons. The van der Waals surface area contributed by atoms with Crippen LogP contribution in [0.1, 0.15) is 18.9 Å². The normalized spacial score (nSPS) is 11.9. The van der Waals surface area contributed by atoms with Crippen LogP contribution in [0.5, 0.6) is 0 Å². The highest BCUT2D eigenvalue weighted by atomic mass is 32.1. The molecule has 0 aliphatic rings. The number of amides is 1. The first-order valence-electron chi connectivity index (χ1n) is 7.62. The number of rotatable bonds is 7. The monoisotopic (exact) mass is 314 g/mol. The zero-order chi connectivity index (χ0) is 15.8. The molecule has 0 saturated carbocycles. The Bertz CT molecular complexity index is 574. The minimum atomic E-state index is -0.127. The molecule has 3 nitrogen and oxygen atoms in total. The molecule has 4 heteroatoms. The molecule has 0 N–H and O–H groups in total. The second kappa shape index (κ2) is 8.59. The molecule has 0 fully saturated rings. The van der Waals surface area contributed by atoms with E-state index >= 15 is 0 Å². The van der Waals surface area contributed by atoms with Crippen molar-refractivity contribution in [2.24, 2.45) is 5.92 Å². The first-order chi connectivity index (χ1) is 10.8. The van der Waals surface area contributed by atoms with Crippen molar-refractivity contribution in [3.8, 4) is 0 Å². The van der Waals surface area contributed by atoms with Gasteiger partial charge in [-0.2, -0.15) is 12.6 Å². The van der Waals surface area contributed by atoms with Gasteiger partial charge in [0.05, 0.1) is 17.8 Å². The van der Waals surface area contributed by atoms with Gasteiger partial charge in [0.15, 0.2) is 0 Å². The summed E-state index contributed by atoms with van der Waals surface area (Å²) in [7, 11) is 0. The summed E-state index contributed by atoms with van der Waals surface area (Å²) in [4.78, 5) is 18.9. The molecule has 0 aliphatic heterocycles. The molecule has 2 aromatic rings. The quantitative estimate of drug-likeness (QED) is 0.792. The van der Waals surface area contributed by atoms with Crippen LogP contribution in [0, 0.1) is 5.92 Å². The Balaban J connectivity index is 2.17. The summed E-state index contributed by atoms with van der Waals surface area (Å²) in [6.07, 6.45) is 5.08. The fraction of sp³-hybridized carbons (Fsp3) is 0.333. The van der Waals surface area contributed by atoms with Gasteiger partial charge in [-0.25, -0.2) is 0 Å². The van der Waals surface area contributed by atoms with Crippen molar-refractivity contribution in [2.75, 3.05) is 17.2 Å². The minimum absolute atomic E-state index is 0.119. The maximum absolute atomic E-state index is 12.9. The Morgan fingerprint density at radius 3 is 2.59 bits per heavy atom. The van der Waals surface area contributed by atoms with Gasteiger partial charge >= 0.3 is 0 Å². The third-order valence-corrected chi connectivity index (χ3v) is 4.01. The summed E-state index contributed by atoms with van der Waals surface area (Å²) in [5, 5.41) is 0. The van der Waals surface area contributed by atoms with Crippen LogP contribution in [0.25, 0.3) is 0 Å². The molecule has 1 aromatic heterocycles. The number of aromatic nitrogens is 1. The highest BCUT2D eigenvalue weighted by Crippen LogP contribution is 2.19. The Morgan fingerprint density at radius 2 is 2.00 bits per heavy atom. The predicted octanol–water partition coefficient (Wildman–Crippen LogP) is 3.61. The number of thiol groups is 1. The average Bonchev–Trinajstić information content (AvgIpc) is 2.58. The van der Waals surface area contributed by atoms with Crippen molar-refractivity contribution in [3.05, 3.63) is 60.4 Å². The molecule has 0 saturated heterocycles. The fourth-order valence-electron chi connectivity index (χ4n) is 2.45. The summed E-state index contributed by atoms with van der Waals surface area (Å²) in [5.41, 5.74) is 2.02. The van der Waals surface area contributed by atoms with Crippen LogP contribution >= 0.6 is 12.6 Å². The highest BCUT2D eigenvalue weighted by Gasteiger charge is 2.24. The zero-order valence-electron chi connectivity index (χ0n) is 12.9. The summed E-state index contributed by atoms with van der Waals surface area (Å²) in [5.74, 6) is 0.528. The smallest absolute Gasteiger partial charge is 0.231 e. The molecular formula is C18H22N2OS. The Morgan fingerprint density at radius 1 is 1.23 bits per heavy atom. The van der Waals surface area contributed by atoms with Gasteiger partial charge in [-0.05, 0) is 30.5 Å². The Hall–Kier alpha value is -1.81. The molecule has 0 spiro atoms. The van der Waals surface area contributed by atoms with Gasteiger partial charge < -0.3 is 4.90 Å². The number of carbonyl (C=O) groups is 1. The van der Waals surface area contributed by atoms with E-state index in [4.69, 9.17) is 0 Å². The van der Waals surface area contributed by atoms with Crippen LogP contribution in [-0.4, -0.2) is 23.2 Å². The second-order valence-electron chi connectivity index (χ2n) is 5.27. The Labute approximate surface area is 137 Å². The molecule has 1 atom stereocenters. The molecule has 1 unspecified atom stereocenters. The average molecular weight is 314 g/mol. The maximum Gasteiger partial charge on any atom is 0.231 e. The summed E-state index contributed by atoms with van der Waals surface area (Å²) in [6.45, 7) is 2.77. The Kier molecular flexibility index (Phi) is 6.46. The van der Waals surface area contributed by atoms with Crippen LogP contribution in [-0.2, 0) is 11.2 Å². The van der Waals surface area contributed by atoms with Crippen LogP contribution in [0.3, 0.4) is 0 Å². The third-order valence-electron chi connectivity index (χ3n) is 3.57. The summed E-state index contributed by atoms with van der Waals surface area (Å²) in [6, 6.07) is 13.9. The summed E-state index contributed by atoms with van der Waals surface area (Å²) >= 11 is 4.40. The number of benzene rings is 1. The first kappa shape index (κ1) is 16.6. The SMILES string of the molecule is CCCN(C(=O)C(CS)Cc1ccccc1)c1cccnc1. The van der Waals surface area contributed by atoms with E-state index in [0.29, 0.717) is 18.7 Å². The van der Waals surface area contributed by atoms with E-state index in [2.05, 4.69) is 36.7 Å².